The summed E-state index contributed by atoms with van der Waals surface area (Å²) in [6.45, 7) is 1.97. The number of hydrazone groups is 1. The second-order valence-electron chi connectivity index (χ2n) is 5.72. The van der Waals surface area contributed by atoms with Crippen molar-refractivity contribution in [2.75, 3.05) is 5.43 Å². The van der Waals surface area contributed by atoms with Gasteiger partial charge in [0.2, 0.25) is 0 Å². The van der Waals surface area contributed by atoms with Gasteiger partial charge in [0.05, 0.1) is 17.6 Å². The monoisotopic (exact) mass is 327 g/mol. The van der Waals surface area contributed by atoms with Gasteiger partial charge in [0.25, 0.3) is 0 Å². The molecule has 0 fully saturated rings. The molecule has 0 aliphatic carbocycles. The number of hydrogen-bond donors (Lipinski definition) is 1. The molecule has 0 atom stereocenters. The van der Waals surface area contributed by atoms with Gasteiger partial charge in [-0.1, -0.05) is 30.3 Å². The third-order valence-corrected chi connectivity index (χ3v) is 4.02. The van der Waals surface area contributed by atoms with Gasteiger partial charge in [-0.15, -0.1) is 0 Å². The molecule has 0 bridgehead atoms. The van der Waals surface area contributed by atoms with E-state index < -0.39 is 0 Å². The zero-order chi connectivity index (χ0) is 17.1. The van der Waals surface area contributed by atoms with Gasteiger partial charge in [0.1, 0.15) is 5.82 Å². The van der Waals surface area contributed by atoms with Crippen LogP contribution in [-0.2, 0) is 0 Å². The van der Waals surface area contributed by atoms with Gasteiger partial charge in [-0.05, 0) is 42.8 Å². The van der Waals surface area contributed by atoms with Crippen molar-refractivity contribution in [1.29, 1.82) is 0 Å². The van der Waals surface area contributed by atoms with E-state index in [1.54, 1.807) is 12.5 Å². The van der Waals surface area contributed by atoms with Gasteiger partial charge in [-0.3, -0.25) is 5.43 Å². The van der Waals surface area contributed by atoms with Crippen molar-refractivity contribution in [3.8, 4) is 5.69 Å². The number of para-hydroxylation sites is 1. The fourth-order valence-corrected chi connectivity index (χ4v) is 2.62. The van der Waals surface area contributed by atoms with Gasteiger partial charge in [0, 0.05) is 23.5 Å². The normalized spacial score (nSPS) is 11.6. The molecule has 2 aromatic carbocycles. The lowest BCUT2D eigenvalue weighted by Crippen LogP contribution is -2.01. The van der Waals surface area contributed by atoms with Crippen LogP contribution in [0, 0.1) is 0 Å². The first-order chi connectivity index (χ1) is 12.3. The van der Waals surface area contributed by atoms with Crippen LogP contribution in [0.4, 0.5) is 5.82 Å². The van der Waals surface area contributed by atoms with E-state index in [2.05, 4.69) is 20.5 Å². The number of nitrogens with zero attached hydrogens (tertiary/aromatic N) is 4. The van der Waals surface area contributed by atoms with Crippen molar-refractivity contribution in [3.63, 3.8) is 0 Å². The maximum atomic E-state index is 4.56. The van der Waals surface area contributed by atoms with Crippen molar-refractivity contribution in [2.24, 2.45) is 5.10 Å². The fraction of sp³-hybridized carbons (Fsp3) is 0.0500. The molecule has 2 heterocycles. The van der Waals surface area contributed by atoms with Crippen molar-refractivity contribution < 1.29 is 0 Å². The van der Waals surface area contributed by atoms with E-state index in [9.17, 15) is 0 Å². The van der Waals surface area contributed by atoms with Gasteiger partial charge >= 0.3 is 0 Å². The Bertz CT molecular complexity index is 1020. The lowest BCUT2D eigenvalue weighted by atomic mass is 10.1. The Labute approximate surface area is 145 Å². The molecule has 0 radical (unpaired) electrons. The van der Waals surface area contributed by atoms with Gasteiger partial charge in [0.15, 0.2) is 0 Å². The van der Waals surface area contributed by atoms with E-state index in [1.807, 2.05) is 78.4 Å². The highest BCUT2D eigenvalue weighted by molar-refractivity contribution is 5.99. The lowest BCUT2D eigenvalue weighted by Gasteiger charge is -2.06. The molecule has 5 nitrogen and oxygen atoms in total. The van der Waals surface area contributed by atoms with E-state index in [-0.39, 0.29) is 0 Å². The van der Waals surface area contributed by atoms with Crippen LogP contribution in [0.25, 0.3) is 16.6 Å². The topological polar surface area (TPSA) is 55.1 Å². The molecular weight excluding hydrogens is 310 g/mol. The van der Waals surface area contributed by atoms with Crippen molar-refractivity contribution in [2.45, 2.75) is 6.92 Å². The predicted molar refractivity (Wildman–Crippen MR) is 101 cm³/mol. The lowest BCUT2D eigenvalue weighted by molar-refractivity contribution is 1.06. The Balaban J connectivity index is 1.52. The van der Waals surface area contributed by atoms with E-state index in [0.29, 0.717) is 0 Å². The maximum absolute atomic E-state index is 4.56. The van der Waals surface area contributed by atoms with Crippen LogP contribution in [0.3, 0.4) is 0 Å². The smallest absolute Gasteiger partial charge is 0.146 e. The first-order valence-corrected chi connectivity index (χ1v) is 8.04. The minimum Gasteiger partial charge on any atom is -0.306 e. The number of benzene rings is 2. The molecule has 0 amide bonds. The van der Waals surface area contributed by atoms with Crippen molar-refractivity contribution in [3.05, 3.63) is 84.9 Å². The molecule has 122 valence electrons. The average molecular weight is 327 g/mol. The molecule has 0 saturated carbocycles. The summed E-state index contributed by atoms with van der Waals surface area (Å²) in [7, 11) is 0. The number of imidazole rings is 1. The second kappa shape index (κ2) is 6.57. The number of pyridine rings is 1. The van der Waals surface area contributed by atoms with Crippen LogP contribution in [0.2, 0.25) is 0 Å². The van der Waals surface area contributed by atoms with Crippen LogP contribution in [0.5, 0.6) is 0 Å². The minimum absolute atomic E-state index is 0.730. The third kappa shape index (κ3) is 3.26. The van der Waals surface area contributed by atoms with Crippen LogP contribution < -0.4 is 5.43 Å². The molecule has 4 rings (SSSR count). The zero-order valence-corrected chi connectivity index (χ0v) is 13.8. The molecule has 0 saturated heterocycles. The van der Waals surface area contributed by atoms with Gasteiger partial charge in [-0.2, -0.15) is 5.10 Å². The summed E-state index contributed by atoms with van der Waals surface area (Å²) in [5.41, 5.74) is 7.00. The third-order valence-electron chi connectivity index (χ3n) is 4.02. The summed E-state index contributed by atoms with van der Waals surface area (Å²) < 4.78 is 1.97. The van der Waals surface area contributed by atoms with E-state index in [0.717, 1.165) is 33.7 Å². The van der Waals surface area contributed by atoms with E-state index >= 15 is 0 Å². The first kappa shape index (κ1) is 15.1. The summed E-state index contributed by atoms with van der Waals surface area (Å²) in [5, 5.41) is 5.56. The Morgan fingerprint density at radius 3 is 2.64 bits per heavy atom. The number of nitrogens with one attached hydrogen (secondary N) is 1. The van der Waals surface area contributed by atoms with Crippen LogP contribution in [-0.4, -0.2) is 20.2 Å². The summed E-state index contributed by atoms with van der Waals surface area (Å²) >= 11 is 0. The highest BCUT2D eigenvalue weighted by Crippen LogP contribution is 2.15. The molecule has 4 aromatic rings. The Kier molecular flexibility index (Phi) is 3.96. The van der Waals surface area contributed by atoms with Gasteiger partial charge in [-0.25, -0.2) is 9.97 Å². The number of rotatable bonds is 4. The minimum atomic E-state index is 0.730. The fourth-order valence-electron chi connectivity index (χ4n) is 2.62. The number of aromatic nitrogens is 3. The Hall–Kier alpha value is -3.47. The molecule has 2 aromatic heterocycles. The second-order valence-corrected chi connectivity index (χ2v) is 5.72. The zero-order valence-electron chi connectivity index (χ0n) is 13.8. The molecule has 1 N–H and O–H groups in total. The van der Waals surface area contributed by atoms with Crippen LogP contribution >= 0.6 is 0 Å². The number of fused-ring (bicyclic) bond motifs is 1. The molecule has 0 aliphatic rings. The highest BCUT2D eigenvalue weighted by atomic mass is 15.3. The SMILES string of the molecule is CC(=NNc1ccc2ccccc2n1)c1ccc(-n2ccnc2)cc1. The van der Waals surface area contributed by atoms with E-state index in [4.69, 9.17) is 0 Å². The van der Waals surface area contributed by atoms with Gasteiger partial charge < -0.3 is 4.57 Å². The Morgan fingerprint density at radius 1 is 1.00 bits per heavy atom. The predicted octanol–water partition coefficient (Wildman–Crippen LogP) is 4.26. The standard InChI is InChI=1S/C20H17N5/c1-15(16-6-9-18(10-7-16)25-13-12-21-14-25)23-24-20-11-8-17-4-2-3-5-19(17)22-20/h2-14H,1H3,(H,22,24). The molecule has 25 heavy (non-hydrogen) atoms. The van der Waals surface area contributed by atoms with Crippen molar-refractivity contribution >= 4 is 22.4 Å². The molecule has 0 unspecified atom stereocenters. The quantitative estimate of drug-likeness (QED) is 0.450. The summed E-state index contributed by atoms with van der Waals surface area (Å²) in [5.74, 6) is 0.730. The molecule has 0 aliphatic heterocycles. The van der Waals surface area contributed by atoms with Crippen molar-refractivity contribution in [1.82, 2.24) is 14.5 Å². The van der Waals surface area contributed by atoms with Crippen LogP contribution in [0.1, 0.15) is 12.5 Å². The molecule has 0 spiro atoms. The first-order valence-electron chi connectivity index (χ1n) is 8.04. The summed E-state index contributed by atoms with van der Waals surface area (Å²) in [4.78, 5) is 8.62. The maximum Gasteiger partial charge on any atom is 0.146 e. The largest absolute Gasteiger partial charge is 0.306 e. The number of anilines is 1. The highest BCUT2D eigenvalue weighted by Gasteiger charge is 2.01. The summed E-state index contributed by atoms with van der Waals surface area (Å²) in [6, 6.07) is 20.2. The number of hydrogen-bond acceptors (Lipinski definition) is 4. The van der Waals surface area contributed by atoms with Crippen LogP contribution in [0.15, 0.2) is 84.5 Å². The molecule has 5 heteroatoms. The Morgan fingerprint density at radius 2 is 1.84 bits per heavy atom. The summed E-state index contributed by atoms with van der Waals surface area (Å²) in [6.07, 6.45) is 5.47. The molecular formula is C20H17N5. The average Bonchev–Trinajstić information content (AvgIpc) is 3.21. The van der Waals surface area contributed by atoms with E-state index in [1.165, 1.54) is 0 Å².